The summed E-state index contributed by atoms with van der Waals surface area (Å²) in [6.45, 7) is 2.06. The summed E-state index contributed by atoms with van der Waals surface area (Å²) >= 11 is 1.24. The number of primary amides is 1. The maximum atomic E-state index is 13.0. The highest BCUT2D eigenvalue weighted by atomic mass is 32.1. The van der Waals surface area contributed by atoms with Crippen LogP contribution in [0, 0.1) is 0 Å². The number of hydrogen-bond donors (Lipinski definition) is 2. The van der Waals surface area contributed by atoms with E-state index in [1.54, 1.807) is 0 Å². The number of rotatable bonds is 5. The summed E-state index contributed by atoms with van der Waals surface area (Å²) < 4.78 is 38.9. The minimum absolute atomic E-state index is 0.146. The molecule has 0 aliphatic carbocycles. The second kappa shape index (κ2) is 8.76. The molecule has 0 saturated carbocycles. The first-order valence-corrected chi connectivity index (χ1v) is 10.7. The molecule has 0 radical (unpaired) electrons. The normalized spacial score (nSPS) is 14.1. The van der Waals surface area contributed by atoms with Crippen LogP contribution < -0.4 is 11.1 Å². The number of alkyl halides is 3. The lowest BCUT2D eigenvalue weighted by Crippen LogP contribution is -2.30. The van der Waals surface area contributed by atoms with Gasteiger partial charge in [0.25, 0.3) is 11.8 Å². The Kier molecular flexibility index (Phi) is 6.03. The summed E-state index contributed by atoms with van der Waals surface area (Å²) in [5.74, 6) is -1.39. The van der Waals surface area contributed by atoms with Crippen LogP contribution in [0.15, 0.2) is 54.6 Å². The number of nitrogens with one attached hydrogen (secondary N) is 1. The molecule has 4 rings (SSSR count). The molecule has 0 spiro atoms. The van der Waals surface area contributed by atoms with Crippen molar-refractivity contribution in [2.45, 2.75) is 25.7 Å². The Morgan fingerprint density at radius 3 is 2.53 bits per heavy atom. The van der Waals surface area contributed by atoms with Crippen LogP contribution in [0.5, 0.6) is 0 Å². The van der Waals surface area contributed by atoms with Gasteiger partial charge in [-0.05, 0) is 35.7 Å². The topological polar surface area (TPSA) is 75.4 Å². The number of thiophene rings is 1. The molecule has 5 nitrogen and oxygen atoms in total. The second-order valence-electron chi connectivity index (χ2n) is 7.55. The number of carbonyl (C=O) groups is 2. The van der Waals surface area contributed by atoms with E-state index in [1.807, 2.05) is 30.3 Å². The second-order valence-corrected chi connectivity index (χ2v) is 8.66. The van der Waals surface area contributed by atoms with Crippen molar-refractivity contribution in [3.05, 3.63) is 87.3 Å². The van der Waals surface area contributed by atoms with Crippen LogP contribution in [-0.2, 0) is 25.7 Å². The fraction of sp³-hybridized carbons (Fsp3) is 0.217. The van der Waals surface area contributed by atoms with Crippen molar-refractivity contribution in [2.75, 3.05) is 11.9 Å². The number of nitrogens with zero attached hydrogens (tertiary/aromatic N) is 1. The van der Waals surface area contributed by atoms with Crippen LogP contribution in [0.1, 0.15) is 42.3 Å². The van der Waals surface area contributed by atoms with Crippen molar-refractivity contribution in [3.63, 3.8) is 0 Å². The monoisotopic (exact) mass is 459 g/mol. The van der Waals surface area contributed by atoms with Crippen molar-refractivity contribution in [1.82, 2.24) is 4.90 Å². The number of amides is 2. The molecule has 1 aliphatic heterocycles. The Balaban J connectivity index is 1.57. The Hall–Kier alpha value is -3.17. The third-order valence-corrected chi connectivity index (χ3v) is 6.44. The molecule has 9 heteroatoms. The first kappa shape index (κ1) is 22.0. The molecule has 32 heavy (non-hydrogen) atoms. The molecule has 3 N–H and O–H groups in total. The molecule has 2 aromatic carbocycles. The summed E-state index contributed by atoms with van der Waals surface area (Å²) in [6.07, 6.45) is -3.96. The fourth-order valence-electron chi connectivity index (χ4n) is 3.79. The molecule has 166 valence electrons. The molecule has 1 aromatic heterocycles. The van der Waals surface area contributed by atoms with Crippen LogP contribution in [0.4, 0.5) is 18.2 Å². The molecule has 0 bridgehead atoms. The largest absolute Gasteiger partial charge is 0.416 e. The summed E-state index contributed by atoms with van der Waals surface area (Å²) in [5.41, 5.74) is 6.74. The third-order valence-electron chi connectivity index (χ3n) is 5.31. The molecule has 0 fully saturated rings. The first-order chi connectivity index (χ1) is 15.2. The number of anilines is 1. The van der Waals surface area contributed by atoms with Crippen molar-refractivity contribution in [1.29, 1.82) is 0 Å². The van der Waals surface area contributed by atoms with Crippen molar-refractivity contribution >= 4 is 28.2 Å². The van der Waals surface area contributed by atoms with Crippen molar-refractivity contribution in [3.8, 4) is 0 Å². The Labute approximate surface area is 186 Å². The Morgan fingerprint density at radius 2 is 1.84 bits per heavy atom. The van der Waals surface area contributed by atoms with Crippen LogP contribution in [0.2, 0.25) is 0 Å². The molecule has 0 saturated heterocycles. The van der Waals surface area contributed by atoms with E-state index in [1.165, 1.54) is 29.0 Å². The van der Waals surface area contributed by atoms with Crippen molar-refractivity contribution in [2.24, 2.45) is 5.73 Å². The maximum Gasteiger partial charge on any atom is 0.416 e. The third kappa shape index (κ3) is 4.68. The molecule has 3 aromatic rings. The summed E-state index contributed by atoms with van der Waals surface area (Å²) in [7, 11) is 0. The standard InChI is InChI=1S/C23H20F3N3O2S/c24-23(25,26)16-8-4-7-15(11-16)21(31)28-22-19(20(27)30)17-9-10-29(13-18(17)32-22)12-14-5-2-1-3-6-14/h1-8,11H,9-10,12-13H2,(H2,27,30)(H,28,31). The van der Waals surface area contributed by atoms with Crippen LogP contribution >= 0.6 is 11.3 Å². The van der Waals surface area contributed by atoms with E-state index in [-0.39, 0.29) is 16.1 Å². The summed E-state index contributed by atoms with van der Waals surface area (Å²) in [5, 5.41) is 2.87. The number of hydrogen-bond acceptors (Lipinski definition) is 4. The number of carbonyl (C=O) groups excluding carboxylic acids is 2. The smallest absolute Gasteiger partial charge is 0.365 e. The van der Waals surface area contributed by atoms with E-state index >= 15 is 0 Å². The van der Waals surface area contributed by atoms with Gasteiger partial charge in [-0.2, -0.15) is 13.2 Å². The van der Waals surface area contributed by atoms with E-state index < -0.39 is 23.6 Å². The predicted molar refractivity (Wildman–Crippen MR) is 116 cm³/mol. The van der Waals surface area contributed by atoms with Gasteiger partial charge in [0.05, 0.1) is 11.1 Å². The van der Waals surface area contributed by atoms with Gasteiger partial charge < -0.3 is 11.1 Å². The molecule has 0 unspecified atom stereocenters. The van der Waals surface area contributed by atoms with Gasteiger partial charge in [-0.15, -0.1) is 11.3 Å². The highest BCUT2D eigenvalue weighted by molar-refractivity contribution is 7.17. The lowest BCUT2D eigenvalue weighted by molar-refractivity contribution is -0.137. The van der Waals surface area contributed by atoms with Gasteiger partial charge in [0.15, 0.2) is 0 Å². The van der Waals surface area contributed by atoms with E-state index in [9.17, 15) is 22.8 Å². The van der Waals surface area contributed by atoms with E-state index in [0.717, 1.165) is 35.7 Å². The summed E-state index contributed by atoms with van der Waals surface area (Å²) in [4.78, 5) is 27.9. The minimum atomic E-state index is -4.56. The molecule has 2 heterocycles. The zero-order valence-corrected chi connectivity index (χ0v) is 17.7. The minimum Gasteiger partial charge on any atom is -0.365 e. The lowest BCUT2D eigenvalue weighted by Gasteiger charge is -2.27. The maximum absolute atomic E-state index is 13.0. The van der Waals surface area contributed by atoms with Gasteiger partial charge in [-0.1, -0.05) is 36.4 Å². The highest BCUT2D eigenvalue weighted by Gasteiger charge is 2.31. The molecule has 0 atom stereocenters. The number of benzene rings is 2. The zero-order chi connectivity index (χ0) is 22.9. The van der Waals surface area contributed by atoms with Crippen molar-refractivity contribution < 1.29 is 22.8 Å². The number of halogens is 3. The van der Waals surface area contributed by atoms with E-state index in [4.69, 9.17) is 5.73 Å². The highest BCUT2D eigenvalue weighted by Crippen LogP contribution is 2.38. The van der Waals surface area contributed by atoms with Crippen LogP contribution in [0.3, 0.4) is 0 Å². The van der Waals surface area contributed by atoms with Crippen LogP contribution in [-0.4, -0.2) is 23.3 Å². The Bertz CT molecular complexity index is 1160. The van der Waals surface area contributed by atoms with Gasteiger partial charge in [0, 0.05) is 30.1 Å². The van der Waals surface area contributed by atoms with Gasteiger partial charge in [0.1, 0.15) is 5.00 Å². The van der Waals surface area contributed by atoms with E-state index in [0.29, 0.717) is 13.0 Å². The molecule has 2 amide bonds. The molecular formula is C23H20F3N3O2S. The quantitative estimate of drug-likeness (QED) is 0.582. The molecule has 1 aliphatic rings. The van der Waals surface area contributed by atoms with Gasteiger partial charge >= 0.3 is 6.18 Å². The predicted octanol–water partition coefficient (Wildman–Crippen LogP) is 4.68. The summed E-state index contributed by atoms with van der Waals surface area (Å²) in [6, 6.07) is 14.1. The fourth-order valence-corrected chi connectivity index (χ4v) is 5.08. The van der Waals surface area contributed by atoms with Gasteiger partial charge in [-0.3, -0.25) is 14.5 Å². The average molecular weight is 459 g/mol. The Morgan fingerprint density at radius 1 is 1.09 bits per heavy atom. The first-order valence-electron chi connectivity index (χ1n) is 9.91. The average Bonchev–Trinajstić information content (AvgIpc) is 3.11. The van der Waals surface area contributed by atoms with Gasteiger partial charge in [0.2, 0.25) is 0 Å². The zero-order valence-electron chi connectivity index (χ0n) is 16.9. The number of nitrogens with two attached hydrogens (primary N) is 1. The molecular weight excluding hydrogens is 439 g/mol. The number of fused-ring (bicyclic) bond motifs is 1. The van der Waals surface area contributed by atoms with Crippen LogP contribution in [0.25, 0.3) is 0 Å². The van der Waals surface area contributed by atoms with Gasteiger partial charge in [-0.25, -0.2) is 0 Å². The SMILES string of the molecule is NC(=O)c1c(NC(=O)c2cccc(C(F)(F)F)c2)sc2c1CCN(Cc1ccccc1)C2. The van der Waals surface area contributed by atoms with E-state index in [2.05, 4.69) is 10.2 Å². The lowest BCUT2D eigenvalue weighted by atomic mass is 10.0.